The molecule has 1 aliphatic rings. The highest BCUT2D eigenvalue weighted by Gasteiger charge is 2.30. The Bertz CT molecular complexity index is 434. The van der Waals surface area contributed by atoms with E-state index in [1.54, 1.807) is 11.8 Å². The number of amides is 2. The Morgan fingerprint density at radius 3 is 2.21 bits per heavy atom. The second kappa shape index (κ2) is 18.1. The third kappa shape index (κ3) is 13.2. The summed E-state index contributed by atoms with van der Waals surface area (Å²) in [5.41, 5.74) is 5.48. The molecule has 2 amide bonds. The predicted molar refractivity (Wildman–Crippen MR) is 125 cm³/mol. The van der Waals surface area contributed by atoms with E-state index < -0.39 is 0 Å². The minimum atomic E-state index is 0.0691. The molecular formula is C23H45N3O2S. The molecule has 0 saturated carbocycles. The van der Waals surface area contributed by atoms with Crippen molar-refractivity contribution in [3.63, 3.8) is 0 Å². The van der Waals surface area contributed by atoms with Gasteiger partial charge in [-0.3, -0.25) is 9.59 Å². The lowest BCUT2D eigenvalue weighted by atomic mass is 10.1. The normalized spacial score (nSPS) is 16.3. The lowest BCUT2D eigenvalue weighted by Gasteiger charge is -2.23. The van der Waals surface area contributed by atoms with Gasteiger partial charge in [0.25, 0.3) is 0 Å². The first kappa shape index (κ1) is 26.3. The molecule has 0 aliphatic carbocycles. The highest BCUT2D eigenvalue weighted by Crippen LogP contribution is 2.24. The Kier molecular flexibility index (Phi) is 16.4. The second-order valence-corrected chi connectivity index (χ2v) is 9.35. The maximum Gasteiger partial charge on any atom is 0.223 e. The number of unbranched alkanes of at least 4 members (excludes halogenated alkanes) is 11. The van der Waals surface area contributed by atoms with Crippen LogP contribution in [0.2, 0.25) is 0 Å². The molecule has 1 heterocycles. The van der Waals surface area contributed by atoms with Gasteiger partial charge < -0.3 is 16.0 Å². The van der Waals surface area contributed by atoms with E-state index in [1.807, 2.05) is 4.90 Å². The van der Waals surface area contributed by atoms with Crippen LogP contribution in [-0.2, 0) is 9.59 Å². The lowest BCUT2D eigenvalue weighted by molar-refractivity contribution is -0.132. The van der Waals surface area contributed by atoms with E-state index in [2.05, 4.69) is 12.2 Å². The average Bonchev–Trinajstić information content (AvgIpc) is 3.17. The first-order valence-corrected chi connectivity index (χ1v) is 13.2. The van der Waals surface area contributed by atoms with Gasteiger partial charge in [0.15, 0.2) is 0 Å². The van der Waals surface area contributed by atoms with E-state index in [0.717, 1.165) is 43.7 Å². The topological polar surface area (TPSA) is 75.4 Å². The molecule has 0 aromatic carbocycles. The molecule has 5 nitrogen and oxygen atoms in total. The van der Waals surface area contributed by atoms with Crippen LogP contribution in [0, 0.1) is 0 Å². The molecular weight excluding hydrogens is 382 g/mol. The molecule has 0 bridgehead atoms. The SMILES string of the molecule is CCCCCCCCCCCCC(=O)N1CSCC1CC(=O)NCCCCCN. The number of carbonyl (C=O) groups is 2. The number of hydrogen-bond donors (Lipinski definition) is 2. The van der Waals surface area contributed by atoms with Crippen LogP contribution in [0.1, 0.15) is 103 Å². The molecule has 1 aliphatic heterocycles. The highest BCUT2D eigenvalue weighted by molar-refractivity contribution is 7.99. The van der Waals surface area contributed by atoms with Crippen LogP contribution in [0.3, 0.4) is 0 Å². The fourth-order valence-corrected chi connectivity index (χ4v) is 5.02. The Hall–Kier alpha value is -0.750. The number of hydrogen-bond acceptors (Lipinski definition) is 4. The second-order valence-electron chi connectivity index (χ2n) is 8.35. The van der Waals surface area contributed by atoms with Crippen molar-refractivity contribution >= 4 is 23.6 Å². The quantitative estimate of drug-likeness (QED) is 0.307. The van der Waals surface area contributed by atoms with Gasteiger partial charge in [0, 0.05) is 25.1 Å². The molecule has 0 aromatic heterocycles. The minimum absolute atomic E-state index is 0.0691. The third-order valence-electron chi connectivity index (χ3n) is 5.67. The lowest BCUT2D eigenvalue weighted by Crippen LogP contribution is -2.40. The zero-order valence-electron chi connectivity index (χ0n) is 18.8. The van der Waals surface area contributed by atoms with Gasteiger partial charge in [-0.2, -0.15) is 0 Å². The van der Waals surface area contributed by atoms with Gasteiger partial charge in [-0.15, -0.1) is 11.8 Å². The Morgan fingerprint density at radius 2 is 1.55 bits per heavy atom. The molecule has 1 atom stereocenters. The Balaban J connectivity index is 2.08. The minimum Gasteiger partial charge on any atom is -0.356 e. The number of nitrogens with two attached hydrogens (primary N) is 1. The van der Waals surface area contributed by atoms with Gasteiger partial charge in [0.1, 0.15) is 0 Å². The van der Waals surface area contributed by atoms with Gasteiger partial charge >= 0.3 is 0 Å². The summed E-state index contributed by atoms with van der Waals surface area (Å²) >= 11 is 1.77. The maximum absolute atomic E-state index is 12.6. The summed E-state index contributed by atoms with van der Waals surface area (Å²) in [6.07, 6.45) is 16.9. The van der Waals surface area contributed by atoms with E-state index in [0.29, 0.717) is 25.9 Å². The molecule has 6 heteroatoms. The van der Waals surface area contributed by atoms with Crippen molar-refractivity contribution in [3.8, 4) is 0 Å². The molecule has 1 saturated heterocycles. The number of carbonyl (C=O) groups excluding carboxylic acids is 2. The van der Waals surface area contributed by atoms with Crippen molar-refractivity contribution in [2.75, 3.05) is 24.7 Å². The van der Waals surface area contributed by atoms with Crippen molar-refractivity contribution in [1.82, 2.24) is 10.2 Å². The van der Waals surface area contributed by atoms with E-state index in [4.69, 9.17) is 5.73 Å². The summed E-state index contributed by atoms with van der Waals surface area (Å²) < 4.78 is 0. The van der Waals surface area contributed by atoms with Crippen LogP contribution < -0.4 is 11.1 Å². The number of thioether (sulfide) groups is 1. The maximum atomic E-state index is 12.6. The number of nitrogens with zero attached hydrogens (tertiary/aromatic N) is 1. The van der Waals surface area contributed by atoms with Crippen molar-refractivity contribution in [3.05, 3.63) is 0 Å². The largest absolute Gasteiger partial charge is 0.356 e. The fraction of sp³-hybridized carbons (Fsp3) is 0.913. The van der Waals surface area contributed by atoms with Crippen molar-refractivity contribution in [2.24, 2.45) is 5.73 Å². The summed E-state index contributed by atoms with van der Waals surface area (Å²) in [7, 11) is 0. The van der Waals surface area contributed by atoms with Crippen LogP contribution in [0.4, 0.5) is 0 Å². The van der Waals surface area contributed by atoms with Gasteiger partial charge in [0.05, 0.1) is 11.9 Å². The van der Waals surface area contributed by atoms with Crippen LogP contribution in [0.5, 0.6) is 0 Å². The Labute approximate surface area is 183 Å². The fourth-order valence-electron chi connectivity index (χ4n) is 3.79. The standard InChI is InChI=1S/C23H45N3O2S/c1-2-3-4-5-6-7-8-9-10-12-15-23(28)26-20-29-19-21(26)18-22(27)25-17-14-11-13-16-24/h21H,2-20,24H2,1H3,(H,25,27). The van der Waals surface area contributed by atoms with Crippen LogP contribution in [0.25, 0.3) is 0 Å². The summed E-state index contributed by atoms with van der Waals surface area (Å²) in [6.45, 7) is 3.68. The van der Waals surface area contributed by atoms with E-state index in [-0.39, 0.29) is 17.9 Å². The predicted octanol–water partition coefficient (Wildman–Crippen LogP) is 4.83. The first-order chi connectivity index (χ1) is 14.2. The molecule has 0 aromatic rings. The Morgan fingerprint density at radius 1 is 0.931 bits per heavy atom. The summed E-state index contributed by atoms with van der Waals surface area (Å²) in [6, 6.07) is 0.0691. The van der Waals surface area contributed by atoms with Crippen LogP contribution in [0.15, 0.2) is 0 Å². The molecule has 170 valence electrons. The number of rotatable bonds is 18. The molecule has 1 rings (SSSR count). The first-order valence-electron chi connectivity index (χ1n) is 12.0. The summed E-state index contributed by atoms with van der Waals surface area (Å²) in [5, 5.41) is 2.99. The summed E-state index contributed by atoms with van der Waals surface area (Å²) in [4.78, 5) is 26.7. The number of nitrogens with one attached hydrogen (secondary N) is 1. The highest BCUT2D eigenvalue weighted by atomic mass is 32.2. The van der Waals surface area contributed by atoms with Crippen LogP contribution >= 0.6 is 11.8 Å². The molecule has 1 unspecified atom stereocenters. The van der Waals surface area contributed by atoms with Gasteiger partial charge in [0.2, 0.25) is 11.8 Å². The molecule has 29 heavy (non-hydrogen) atoms. The van der Waals surface area contributed by atoms with Crippen LogP contribution in [-0.4, -0.2) is 47.5 Å². The smallest absolute Gasteiger partial charge is 0.223 e. The van der Waals surface area contributed by atoms with Gasteiger partial charge in [-0.05, 0) is 25.8 Å². The average molecular weight is 428 g/mol. The van der Waals surface area contributed by atoms with E-state index in [1.165, 1.54) is 51.4 Å². The van der Waals surface area contributed by atoms with E-state index in [9.17, 15) is 9.59 Å². The molecule has 0 spiro atoms. The molecule has 3 N–H and O–H groups in total. The molecule has 0 radical (unpaired) electrons. The van der Waals surface area contributed by atoms with Gasteiger partial charge in [-0.1, -0.05) is 71.1 Å². The van der Waals surface area contributed by atoms with Crippen molar-refractivity contribution in [2.45, 2.75) is 109 Å². The summed E-state index contributed by atoms with van der Waals surface area (Å²) in [5.74, 6) is 1.92. The van der Waals surface area contributed by atoms with E-state index >= 15 is 0 Å². The van der Waals surface area contributed by atoms with Crippen molar-refractivity contribution in [1.29, 1.82) is 0 Å². The van der Waals surface area contributed by atoms with Gasteiger partial charge in [-0.25, -0.2) is 0 Å². The zero-order chi connectivity index (χ0) is 21.2. The zero-order valence-corrected chi connectivity index (χ0v) is 19.6. The molecule has 1 fully saturated rings. The van der Waals surface area contributed by atoms with Crippen molar-refractivity contribution < 1.29 is 9.59 Å². The monoisotopic (exact) mass is 427 g/mol. The third-order valence-corrected chi connectivity index (χ3v) is 6.75.